The molecule has 5 heteroatoms. The van der Waals surface area contributed by atoms with Gasteiger partial charge in [-0.25, -0.2) is 9.97 Å². The zero-order chi connectivity index (χ0) is 13.0. The number of aryl methyl sites for hydroxylation is 3. The number of nitrogens with one attached hydrogen (secondary N) is 1. The van der Waals surface area contributed by atoms with Crippen molar-refractivity contribution < 1.29 is 0 Å². The Morgan fingerprint density at radius 1 is 1.33 bits per heavy atom. The number of hydrogen-bond acceptors (Lipinski definition) is 3. The summed E-state index contributed by atoms with van der Waals surface area (Å²) in [6, 6.07) is 0.489. The molecular weight excluding hydrogens is 226 g/mol. The van der Waals surface area contributed by atoms with Gasteiger partial charge in [-0.05, 0) is 0 Å². The molecule has 0 saturated carbocycles. The van der Waals surface area contributed by atoms with Crippen LogP contribution in [0.4, 0.5) is 0 Å². The highest BCUT2D eigenvalue weighted by Crippen LogP contribution is 2.01. The predicted octanol–water partition coefficient (Wildman–Crippen LogP) is 1.36. The Kier molecular flexibility index (Phi) is 4.15. The second-order valence-corrected chi connectivity index (χ2v) is 4.84. The van der Waals surface area contributed by atoms with Crippen LogP contribution < -0.4 is 5.32 Å². The molecule has 0 aliphatic rings. The van der Waals surface area contributed by atoms with Crippen molar-refractivity contribution in [2.24, 2.45) is 7.05 Å². The van der Waals surface area contributed by atoms with Gasteiger partial charge in [0.15, 0.2) is 0 Å². The molecule has 2 heterocycles. The van der Waals surface area contributed by atoms with Gasteiger partial charge in [-0.2, -0.15) is 0 Å². The van der Waals surface area contributed by atoms with Crippen LogP contribution in [0, 0.1) is 0 Å². The van der Waals surface area contributed by atoms with Gasteiger partial charge in [0.05, 0.1) is 12.0 Å². The lowest BCUT2D eigenvalue weighted by Gasteiger charge is -2.05. The molecular formula is C13H21N5. The van der Waals surface area contributed by atoms with Gasteiger partial charge < -0.3 is 14.5 Å². The van der Waals surface area contributed by atoms with Crippen LogP contribution in [-0.2, 0) is 26.6 Å². The van der Waals surface area contributed by atoms with Crippen LogP contribution in [0.3, 0.4) is 0 Å². The maximum Gasteiger partial charge on any atom is 0.110 e. The summed E-state index contributed by atoms with van der Waals surface area (Å²) < 4.78 is 4.17. The zero-order valence-corrected chi connectivity index (χ0v) is 11.3. The minimum absolute atomic E-state index is 0.489. The first-order valence-corrected chi connectivity index (χ1v) is 6.35. The normalized spacial score (nSPS) is 11.3. The summed E-state index contributed by atoms with van der Waals surface area (Å²) >= 11 is 0. The molecule has 0 radical (unpaired) electrons. The van der Waals surface area contributed by atoms with E-state index in [0.29, 0.717) is 6.04 Å². The molecule has 0 saturated heterocycles. The average molecular weight is 247 g/mol. The zero-order valence-electron chi connectivity index (χ0n) is 11.3. The molecule has 2 aromatic rings. The quantitative estimate of drug-likeness (QED) is 0.838. The lowest BCUT2D eigenvalue weighted by atomic mass is 10.3. The molecule has 2 aromatic heterocycles. The highest BCUT2D eigenvalue weighted by atomic mass is 15.1. The van der Waals surface area contributed by atoms with Gasteiger partial charge in [0, 0.05) is 51.2 Å². The molecule has 0 amide bonds. The molecule has 0 aliphatic carbocycles. The van der Waals surface area contributed by atoms with Crippen LogP contribution in [0.2, 0.25) is 0 Å². The van der Waals surface area contributed by atoms with Crippen molar-refractivity contribution in [1.29, 1.82) is 0 Å². The van der Waals surface area contributed by atoms with Crippen LogP contribution in [-0.4, -0.2) is 25.1 Å². The van der Waals surface area contributed by atoms with E-state index < -0.39 is 0 Å². The second kappa shape index (κ2) is 5.82. The third kappa shape index (κ3) is 3.43. The first kappa shape index (κ1) is 12.8. The second-order valence-electron chi connectivity index (χ2n) is 4.84. The monoisotopic (exact) mass is 247 g/mol. The lowest BCUT2D eigenvalue weighted by molar-refractivity contribution is 0.581. The molecule has 0 fully saturated rings. The molecule has 0 bridgehead atoms. The van der Waals surface area contributed by atoms with E-state index in [1.54, 1.807) is 0 Å². The minimum atomic E-state index is 0.489. The summed E-state index contributed by atoms with van der Waals surface area (Å²) in [6.45, 7) is 6.02. The number of imidazole rings is 2. The van der Waals surface area contributed by atoms with Gasteiger partial charge in [0.25, 0.3) is 0 Å². The fraction of sp³-hybridized carbons (Fsp3) is 0.538. The number of hydrogen-bond donors (Lipinski definition) is 1. The molecule has 98 valence electrons. The maximum absolute atomic E-state index is 4.38. The molecule has 1 N–H and O–H groups in total. The van der Waals surface area contributed by atoms with Gasteiger partial charge in [-0.3, -0.25) is 0 Å². The summed E-state index contributed by atoms with van der Waals surface area (Å²) in [5.41, 5.74) is 1.09. The van der Waals surface area contributed by atoms with E-state index in [4.69, 9.17) is 0 Å². The molecule has 2 rings (SSSR count). The summed E-state index contributed by atoms with van der Waals surface area (Å²) in [6.07, 6.45) is 8.72. The summed E-state index contributed by atoms with van der Waals surface area (Å²) in [4.78, 5) is 8.70. The van der Waals surface area contributed by atoms with Crippen LogP contribution in [0.5, 0.6) is 0 Å². The van der Waals surface area contributed by atoms with Crippen molar-refractivity contribution in [3.05, 3.63) is 36.4 Å². The van der Waals surface area contributed by atoms with Gasteiger partial charge in [-0.15, -0.1) is 0 Å². The summed E-state index contributed by atoms with van der Waals surface area (Å²) in [5.74, 6) is 1.10. The van der Waals surface area contributed by atoms with E-state index >= 15 is 0 Å². The fourth-order valence-electron chi connectivity index (χ4n) is 1.80. The van der Waals surface area contributed by atoms with Crippen molar-refractivity contribution in [1.82, 2.24) is 24.4 Å². The van der Waals surface area contributed by atoms with Crippen LogP contribution >= 0.6 is 0 Å². The van der Waals surface area contributed by atoms with E-state index in [1.807, 2.05) is 25.8 Å². The third-order valence-electron chi connectivity index (χ3n) is 2.89. The first-order valence-electron chi connectivity index (χ1n) is 6.35. The molecule has 0 aromatic carbocycles. The molecule has 18 heavy (non-hydrogen) atoms. The van der Waals surface area contributed by atoms with E-state index in [-0.39, 0.29) is 0 Å². The highest BCUT2D eigenvalue weighted by molar-refractivity contribution is 4.97. The molecule has 0 aliphatic heterocycles. The standard InChI is InChI=1S/C13H21N5/c1-11(2)15-8-12-9-18(10-16-12)6-4-13-14-5-7-17(13)3/h5,7,9-11,15H,4,6,8H2,1-3H3. The third-order valence-corrected chi connectivity index (χ3v) is 2.89. The summed E-state index contributed by atoms with van der Waals surface area (Å²) in [5, 5.41) is 3.36. The van der Waals surface area contributed by atoms with Crippen molar-refractivity contribution in [3.8, 4) is 0 Å². The number of aromatic nitrogens is 4. The Balaban J connectivity index is 1.85. The SMILES string of the molecule is CC(C)NCc1cn(CCc2nccn2C)cn1. The van der Waals surface area contributed by atoms with Crippen molar-refractivity contribution >= 4 is 0 Å². The Hall–Kier alpha value is -1.62. The Morgan fingerprint density at radius 3 is 2.83 bits per heavy atom. The summed E-state index contributed by atoms with van der Waals surface area (Å²) in [7, 11) is 2.02. The van der Waals surface area contributed by atoms with Gasteiger partial charge >= 0.3 is 0 Å². The highest BCUT2D eigenvalue weighted by Gasteiger charge is 2.02. The van der Waals surface area contributed by atoms with E-state index in [9.17, 15) is 0 Å². The van der Waals surface area contributed by atoms with Crippen LogP contribution in [0.1, 0.15) is 25.4 Å². The minimum Gasteiger partial charge on any atom is -0.338 e. The van der Waals surface area contributed by atoms with Gasteiger partial charge in [-0.1, -0.05) is 13.8 Å². The topological polar surface area (TPSA) is 47.7 Å². The molecule has 5 nitrogen and oxygen atoms in total. The maximum atomic E-state index is 4.38. The number of rotatable bonds is 6. The Labute approximate surface area is 108 Å². The van der Waals surface area contributed by atoms with E-state index in [2.05, 4.69) is 44.5 Å². The predicted molar refractivity (Wildman–Crippen MR) is 71.1 cm³/mol. The molecule has 0 spiro atoms. The van der Waals surface area contributed by atoms with E-state index in [0.717, 1.165) is 31.0 Å². The molecule has 0 atom stereocenters. The fourth-order valence-corrected chi connectivity index (χ4v) is 1.80. The average Bonchev–Trinajstić information content (AvgIpc) is 2.93. The van der Waals surface area contributed by atoms with Crippen molar-refractivity contribution in [3.63, 3.8) is 0 Å². The Morgan fingerprint density at radius 2 is 2.17 bits per heavy atom. The van der Waals surface area contributed by atoms with Crippen LogP contribution in [0.15, 0.2) is 24.9 Å². The largest absolute Gasteiger partial charge is 0.338 e. The smallest absolute Gasteiger partial charge is 0.110 e. The molecule has 0 unspecified atom stereocenters. The van der Waals surface area contributed by atoms with Crippen molar-refractivity contribution in [2.45, 2.75) is 39.4 Å². The van der Waals surface area contributed by atoms with Gasteiger partial charge in [0.2, 0.25) is 0 Å². The first-order chi connectivity index (χ1) is 8.65. The Bertz CT molecular complexity index is 483. The van der Waals surface area contributed by atoms with E-state index in [1.165, 1.54) is 0 Å². The lowest BCUT2D eigenvalue weighted by Crippen LogP contribution is -2.21. The van der Waals surface area contributed by atoms with Crippen molar-refractivity contribution in [2.75, 3.05) is 0 Å². The van der Waals surface area contributed by atoms with Gasteiger partial charge in [0.1, 0.15) is 5.82 Å². The van der Waals surface area contributed by atoms with Crippen LogP contribution in [0.25, 0.3) is 0 Å². The number of nitrogens with zero attached hydrogens (tertiary/aromatic N) is 4.